The fourth-order valence-electron chi connectivity index (χ4n) is 0.831. The topological polar surface area (TPSA) is 58.2 Å². The summed E-state index contributed by atoms with van der Waals surface area (Å²) >= 11 is 0. The predicted octanol–water partition coefficient (Wildman–Crippen LogP) is 1.85. The molecule has 16 heavy (non-hydrogen) atoms. The molecule has 0 aliphatic heterocycles. The second-order valence-corrected chi connectivity index (χ2v) is 3.54. The molecule has 0 heterocycles. The second kappa shape index (κ2) is 13.9. The number of rotatable bonds is 6. The molecule has 0 atom stereocenters. The highest BCUT2D eigenvalue weighted by molar-refractivity contribution is 5.75. The molecular weight excluding hydrogens is 204 g/mol. The molecule has 0 fully saturated rings. The zero-order valence-corrected chi connectivity index (χ0v) is 11.1. The first-order chi connectivity index (χ1) is 7.58. The Morgan fingerprint density at radius 2 is 1.56 bits per heavy atom. The Hall–Kier alpha value is -1.06. The molecule has 0 saturated heterocycles. The maximum Gasteiger partial charge on any atom is 0.219 e. The van der Waals surface area contributed by atoms with Crippen LogP contribution in [-0.4, -0.2) is 24.9 Å². The number of hydrogen-bond donors (Lipinski definition) is 2. The Morgan fingerprint density at radius 3 is 1.88 bits per heavy atom. The van der Waals surface area contributed by atoms with Crippen LogP contribution in [0.25, 0.3) is 0 Å². The van der Waals surface area contributed by atoms with Crippen LogP contribution in [0.3, 0.4) is 0 Å². The molecule has 96 valence electrons. The molecule has 2 N–H and O–H groups in total. The van der Waals surface area contributed by atoms with Gasteiger partial charge in [0.1, 0.15) is 0 Å². The first-order valence-electron chi connectivity index (χ1n) is 6.09. The van der Waals surface area contributed by atoms with E-state index in [-0.39, 0.29) is 11.8 Å². The van der Waals surface area contributed by atoms with Crippen molar-refractivity contribution in [2.24, 2.45) is 0 Å². The normalized spacial score (nSPS) is 8.75. The standard InChI is InChI=1S/C7H15NO.C5H11NO/c1-3-5-6-8-7(9)4-2;1-3-4-6-5(2)7/h3-6H2,1-2H3,(H,8,9);3-4H2,1-2H3,(H,6,7). The minimum absolute atomic E-state index is 0.0573. The van der Waals surface area contributed by atoms with Crippen LogP contribution in [0.5, 0.6) is 0 Å². The van der Waals surface area contributed by atoms with Crippen molar-refractivity contribution in [3.05, 3.63) is 0 Å². The van der Waals surface area contributed by atoms with Crippen LogP contribution >= 0.6 is 0 Å². The molecule has 0 spiro atoms. The third-order valence-corrected chi connectivity index (χ3v) is 1.80. The molecule has 0 radical (unpaired) electrons. The Labute approximate surface area is 99.2 Å². The van der Waals surface area contributed by atoms with Crippen LogP contribution in [0.4, 0.5) is 0 Å². The summed E-state index contributed by atoms with van der Waals surface area (Å²) in [4.78, 5) is 20.7. The lowest BCUT2D eigenvalue weighted by Crippen LogP contribution is -2.22. The molecular formula is C12H26N2O2. The minimum atomic E-state index is 0.0573. The van der Waals surface area contributed by atoms with E-state index in [0.717, 1.165) is 32.4 Å². The number of nitrogens with one attached hydrogen (secondary N) is 2. The SMILES string of the molecule is CCCCNC(=O)CC.CCCNC(C)=O. The minimum Gasteiger partial charge on any atom is -0.356 e. The summed E-state index contributed by atoms with van der Waals surface area (Å²) in [5, 5.41) is 5.45. The van der Waals surface area contributed by atoms with E-state index < -0.39 is 0 Å². The molecule has 0 aromatic rings. The molecule has 4 nitrogen and oxygen atoms in total. The van der Waals surface area contributed by atoms with E-state index >= 15 is 0 Å². The lowest BCUT2D eigenvalue weighted by atomic mass is 10.3. The van der Waals surface area contributed by atoms with Crippen LogP contribution in [-0.2, 0) is 9.59 Å². The summed E-state index contributed by atoms with van der Waals surface area (Å²) in [6.45, 7) is 9.16. The monoisotopic (exact) mass is 230 g/mol. The molecule has 0 aliphatic carbocycles. The highest BCUT2D eigenvalue weighted by Crippen LogP contribution is 1.83. The maximum atomic E-state index is 10.6. The Kier molecular flexibility index (Phi) is 15.1. The smallest absolute Gasteiger partial charge is 0.219 e. The van der Waals surface area contributed by atoms with E-state index in [1.165, 1.54) is 6.92 Å². The third kappa shape index (κ3) is 18.7. The van der Waals surface area contributed by atoms with Gasteiger partial charge < -0.3 is 10.6 Å². The molecule has 0 rings (SSSR count). The quantitative estimate of drug-likeness (QED) is 0.684. The molecule has 0 aromatic carbocycles. The van der Waals surface area contributed by atoms with Gasteiger partial charge in [0.05, 0.1) is 0 Å². The summed E-state index contributed by atoms with van der Waals surface area (Å²) in [6.07, 6.45) is 3.85. The largest absolute Gasteiger partial charge is 0.356 e. The zero-order valence-electron chi connectivity index (χ0n) is 11.1. The van der Waals surface area contributed by atoms with Crippen molar-refractivity contribution in [2.45, 2.75) is 53.4 Å². The average Bonchev–Trinajstić information content (AvgIpc) is 2.27. The molecule has 0 unspecified atom stereocenters. The van der Waals surface area contributed by atoms with Crippen molar-refractivity contribution >= 4 is 11.8 Å². The lowest BCUT2D eigenvalue weighted by molar-refractivity contribution is -0.121. The lowest BCUT2D eigenvalue weighted by Gasteiger charge is -1.99. The van der Waals surface area contributed by atoms with Crippen molar-refractivity contribution < 1.29 is 9.59 Å². The van der Waals surface area contributed by atoms with Gasteiger partial charge in [0, 0.05) is 26.4 Å². The third-order valence-electron chi connectivity index (χ3n) is 1.80. The van der Waals surface area contributed by atoms with Crippen molar-refractivity contribution in [3.8, 4) is 0 Å². The highest BCUT2D eigenvalue weighted by atomic mass is 16.2. The first-order valence-corrected chi connectivity index (χ1v) is 6.09. The van der Waals surface area contributed by atoms with Gasteiger partial charge in [-0.15, -0.1) is 0 Å². The summed E-state index contributed by atoms with van der Waals surface area (Å²) in [7, 11) is 0. The van der Waals surface area contributed by atoms with Gasteiger partial charge in [-0.1, -0.05) is 27.2 Å². The van der Waals surface area contributed by atoms with Gasteiger partial charge in [-0.2, -0.15) is 0 Å². The van der Waals surface area contributed by atoms with Crippen LogP contribution < -0.4 is 10.6 Å². The van der Waals surface area contributed by atoms with Crippen LogP contribution in [0.1, 0.15) is 53.4 Å². The average molecular weight is 230 g/mol. The van der Waals surface area contributed by atoms with Gasteiger partial charge in [0.15, 0.2) is 0 Å². The zero-order chi connectivity index (χ0) is 12.8. The second-order valence-electron chi connectivity index (χ2n) is 3.54. The summed E-state index contributed by atoms with van der Waals surface area (Å²) in [5.74, 6) is 0.213. The summed E-state index contributed by atoms with van der Waals surface area (Å²) < 4.78 is 0. The Morgan fingerprint density at radius 1 is 0.938 bits per heavy atom. The first kappa shape index (κ1) is 17.3. The van der Waals surface area contributed by atoms with Crippen molar-refractivity contribution in [1.82, 2.24) is 10.6 Å². The predicted molar refractivity (Wildman–Crippen MR) is 67.2 cm³/mol. The fourth-order valence-corrected chi connectivity index (χ4v) is 0.831. The number of hydrogen-bond acceptors (Lipinski definition) is 2. The van der Waals surface area contributed by atoms with Gasteiger partial charge in [-0.05, 0) is 12.8 Å². The van der Waals surface area contributed by atoms with E-state index in [1.807, 2.05) is 13.8 Å². The molecule has 4 heteroatoms. The van der Waals surface area contributed by atoms with Crippen LogP contribution in [0.2, 0.25) is 0 Å². The van der Waals surface area contributed by atoms with E-state index in [0.29, 0.717) is 6.42 Å². The number of carbonyl (C=O) groups excluding carboxylic acids is 2. The number of unbranched alkanes of at least 4 members (excludes halogenated alkanes) is 1. The summed E-state index contributed by atoms with van der Waals surface area (Å²) in [6, 6.07) is 0. The van der Waals surface area contributed by atoms with Gasteiger partial charge >= 0.3 is 0 Å². The number of carbonyl (C=O) groups is 2. The van der Waals surface area contributed by atoms with E-state index in [2.05, 4.69) is 17.6 Å². The van der Waals surface area contributed by atoms with Crippen molar-refractivity contribution in [3.63, 3.8) is 0 Å². The van der Waals surface area contributed by atoms with E-state index in [9.17, 15) is 9.59 Å². The molecule has 0 bridgehead atoms. The molecule has 0 aliphatic rings. The maximum absolute atomic E-state index is 10.6. The fraction of sp³-hybridized carbons (Fsp3) is 0.833. The Bertz CT molecular complexity index is 182. The van der Waals surface area contributed by atoms with E-state index in [1.54, 1.807) is 0 Å². The van der Waals surface area contributed by atoms with Crippen molar-refractivity contribution in [1.29, 1.82) is 0 Å². The molecule has 0 aromatic heterocycles. The van der Waals surface area contributed by atoms with Gasteiger partial charge in [0.25, 0.3) is 0 Å². The van der Waals surface area contributed by atoms with Gasteiger partial charge in [-0.25, -0.2) is 0 Å². The van der Waals surface area contributed by atoms with Gasteiger partial charge in [0.2, 0.25) is 11.8 Å². The Balaban J connectivity index is 0. The molecule has 2 amide bonds. The highest BCUT2D eigenvalue weighted by Gasteiger charge is 1.92. The van der Waals surface area contributed by atoms with Crippen molar-refractivity contribution in [2.75, 3.05) is 13.1 Å². The molecule has 0 saturated carbocycles. The number of amides is 2. The van der Waals surface area contributed by atoms with E-state index in [4.69, 9.17) is 0 Å². The summed E-state index contributed by atoms with van der Waals surface area (Å²) in [5.41, 5.74) is 0. The van der Waals surface area contributed by atoms with Crippen LogP contribution in [0, 0.1) is 0 Å². The van der Waals surface area contributed by atoms with Crippen LogP contribution in [0.15, 0.2) is 0 Å². The van der Waals surface area contributed by atoms with Gasteiger partial charge in [-0.3, -0.25) is 9.59 Å².